The van der Waals surface area contributed by atoms with Crippen molar-refractivity contribution in [3.63, 3.8) is 0 Å². The molecule has 0 aromatic heterocycles. The van der Waals surface area contributed by atoms with Crippen LogP contribution in [0, 0.1) is 5.41 Å². The maximum Gasteiger partial charge on any atom is 0.230 e. The molecule has 0 aromatic carbocycles. The zero-order valence-electron chi connectivity index (χ0n) is 12.0. The molecule has 18 heavy (non-hydrogen) atoms. The zero-order chi connectivity index (χ0) is 13.0. The fourth-order valence-electron chi connectivity index (χ4n) is 3.60. The van der Waals surface area contributed by atoms with Gasteiger partial charge in [-0.25, -0.2) is 0 Å². The molecule has 104 valence electrons. The first kappa shape index (κ1) is 13.9. The first-order chi connectivity index (χ1) is 8.73. The minimum absolute atomic E-state index is 0.108. The van der Waals surface area contributed by atoms with Crippen LogP contribution in [0.2, 0.25) is 0 Å². The summed E-state index contributed by atoms with van der Waals surface area (Å²) >= 11 is 0. The molecule has 1 amide bonds. The second-order valence-electron chi connectivity index (χ2n) is 5.97. The highest BCUT2D eigenvalue weighted by Gasteiger charge is 2.42. The standard InChI is InChI=1S/C15H28N2O/c1-3-13-8-5-6-11-17(13)14(18)15(4-2)9-7-10-16-12-15/h13,16H,3-12H2,1-2H3. The number of amides is 1. The first-order valence-electron chi connectivity index (χ1n) is 7.75. The van der Waals surface area contributed by atoms with Crippen LogP contribution in [0.15, 0.2) is 0 Å². The zero-order valence-corrected chi connectivity index (χ0v) is 12.0. The number of nitrogens with one attached hydrogen (secondary N) is 1. The van der Waals surface area contributed by atoms with Gasteiger partial charge in [-0.2, -0.15) is 0 Å². The summed E-state index contributed by atoms with van der Waals surface area (Å²) in [6, 6.07) is 0.497. The topological polar surface area (TPSA) is 32.3 Å². The van der Waals surface area contributed by atoms with E-state index in [1.54, 1.807) is 0 Å². The Hall–Kier alpha value is -0.570. The van der Waals surface area contributed by atoms with Gasteiger partial charge in [0.05, 0.1) is 5.41 Å². The molecule has 2 unspecified atom stereocenters. The number of rotatable bonds is 3. The lowest BCUT2D eigenvalue weighted by Crippen LogP contribution is -2.55. The van der Waals surface area contributed by atoms with Crippen molar-refractivity contribution in [2.24, 2.45) is 5.41 Å². The van der Waals surface area contributed by atoms with Crippen LogP contribution < -0.4 is 5.32 Å². The largest absolute Gasteiger partial charge is 0.339 e. The monoisotopic (exact) mass is 252 g/mol. The SMILES string of the molecule is CCC1CCCCN1C(=O)C1(CC)CCCNC1. The summed E-state index contributed by atoms with van der Waals surface area (Å²) in [6.07, 6.45) is 7.99. The summed E-state index contributed by atoms with van der Waals surface area (Å²) in [5.74, 6) is 0.434. The van der Waals surface area contributed by atoms with Gasteiger partial charge in [-0.15, -0.1) is 0 Å². The van der Waals surface area contributed by atoms with Crippen molar-refractivity contribution in [3.05, 3.63) is 0 Å². The van der Waals surface area contributed by atoms with Crippen molar-refractivity contribution >= 4 is 5.91 Å². The average molecular weight is 252 g/mol. The third-order valence-corrected chi connectivity index (χ3v) is 4.96. The maximum atomic E-state index is 13.0. The van der Waals surface area contributed by atoms with Crippen molar-refractivity contribution in [2.75, 3.05) is 19.6 Å². The van der Waals surface area contributed by atoms with Crippen molar-refractivity contribution in [2.45, 2.75) is 64.8 Å². The smallest absolute Gasteiger partial charge is 0.230 e. The molecule has 2 rings (SSSR count). The van der Waals surface area contributed by atoms with Crippen LogP contribution in [0.25, 0.3) is 0 Å². The number of carbonyl (C=O) groups is 1. The molecule has 0 bridgehead atoms. The molecule has 2 saturated heterocycles. The van der Waals surface area contributed by atoms with E-state index in [1.165, 1.54) is 19.3 Å². The Labute approximate surface area is 111 Å². The molecule has 1 N–H and O–H groups in total. The van der Waals surface area contributed by atoms with E-state index < -0.39 is 0 Å². The van der Waals surface area contributed by atoms with Gasteiger partial charge in [-0.05, 0) is 51.5 Å². The van der Waals surface area contributed by atoms with Crippen LogP contribution in [0.4, 0.5) is 0 Å². The molecule has 2 fully saturated rings. The van der Waals surface area contributed by atoms with Gasteiger partial charge in [0.2, 0.25) is 5.91 Å². The summed E-state index contributed by atoms with van der Waals surface area (Å²) in [6.45, 7) is 7.34. The summed E-state index contributed by atoms with van der Waals surface area (Å²) in [5, 5.41) is 3.43. The molecule has 0 spiro atoms. The normalized spacial score (nSPS) is 33.4. The van der Waals surface area contributed by atoms with Crippen LogP contribution in [0.1, 0.15) is 58.8 Å². The molecule has 0 aliphatic carbocycles. The highest BCUT2D eigenvalue weighted by molar-refractivity contribution is 5.83. The minimum atomic E-state index is -0.108. The summed E-state index contributed by atoms with van der Waals surface area (Å²) in [4.78, 5) is 15.2. The van der Waals surface area contributed by atoms with E-state index in [4.69, 9.17) is 0 Å². The third kappa shape index (κ3) is 2.56. The molecule has 2 atom stereocenters. The number of carbonyl (C=O) groups excluding carboxylic acids is 1. The number of hydrogen-bond acceptors (Lipinski definition) is 2. The lowest BCUT2D eigenvalue weighted by molar-refractivity contribution is -0.147. The molecule has 0 radical (unpaired) electrons. The molecule has 2 heterocycles. The minimum Gasteiger partial charge on any atom is -0.339 e. The van der Waals surface area contributed by atoms with E-state index >= 15 is 0 Å². The summed E-state index contributed by atoms with van der Waals surface area (Å²) in [5.41, 5.74) is -0.108. The Morgan fingerprint density at radius 1 is 1.33 bits per heavy atom. The van der Waals surface area contributed by atoms with Gasteiger partial charge in [0, 0.05) is 19.1 Å². The molecule has 2 aliphatic rings. The van der Waals surface area contributed by atoms with Crippen molar-refractivity contribution in [3.8, 4) is 0 Å². The number of likely N-dealkylation sites (tertiary alicyclic amines) is 1. The van der Waals surface area contributed by atoms with Gasteiger partial charge in [0.15, 0.2) is 0 Å². The van der Waals surface area contributed by atoms with Crippen LogP contribution in [-0.2, 0) is 4.79 Å². The van der Waals surface area contributed by atoms with E-state index in [9.17, 15) is 4.79 Å². The molecule has 2 aliphatic heterocycles. The maximum absolute atomic E-state index is 13.0. The second-order valence-corrected chi connectivity index (χ2v) is 5.97. The van der Waals surface area contributed by atoms with Crippen LogP contribution in [0.3, 0.4) is 0 Å². The number of piperidine rings is 2. The molecule has 3 nitrogen and oxygen atoms in total. The van der Waals surface area contributed by atoms with Gasteiger partial charge in [0.25, 0.3) is 0 Å². The van der Waals surface area contributed by atoms with Gasteiger partial charge in [0.1, 0.15) is 0 Å². The molecular weight excluding hydrogens is 224 g/mol. The number of nitrogens with zero attached hydrogens (tertiary/aromatic N) is 1. The number of hydrogen-bond donors (Lipinski definition) is 1. The molecule has 0 aromatic rings. The lowest BCUT2D eigenvalue weighted by Gasteiger charge is -2.44. The average Bonchev–Trinajstić information content (AvgIpc) is 2.47. The van der Waals surface area contributed by atoms with E-state index in [0.29, 0.717) is 11.9 Å². The molecule has 0 saturated carbocycles. The van der Waals surface area contributed by atoms with Gasteiger partial charge in [-0.3, -0.25) is 4.79 Å². The van der Waals surface area contributed by atoms with Gasteiger partial charge < -0.3 is 10.2 Å². The van der Waals surface area contributed by atoms with Crippen LogP contribution in [-0.4, -0.2) is 36.5 Å². The van der Waals surface area contributed by atoms with E-state index in [1.807, 2.05) is 0 Å². The Balaban J connectivity index is 2.11. The Morgan fingerprint density at radius 3 is 2.78 bits per heavy atom. The first-order valence-corrected chi connectivity index (χ1v) is 7.75. The molecular formula is C15H28N2O. The Morgan fingerprint density at radius 2 is 2.17 bits per heavy atom. The Bertz CT molecular complexity index is 284. The van der Waals surface area contributed by atoms with Crippen LogP contribution in [0.5, 0.6) is 0 Å². The lowest BCUT2D eigenvalue weighted by atomic mass is 9.76. The predicted octanol–water partition coefficient (Wildman–Crippen LogP) is 2.56. The van der Waals surface area contributed by atoms with Crippen molar-refractivity contribution in [1.82, 2.24) is 10.2 Å². The van der Waals surface area contributed by atoms with Crippen LogP contribution >= 0.6 is 0 Å². The predicted molar refractivity (Wildman–Crippen MR) is 74.5 cm³/mol. The van der Waals surface area contributed by atoms with E-state index in [0.717, 1.165) is 45.3 Å². The van der Waals surface area contributed by atoms with E-state index in [-0.39, 0.29) is 5.41 Å². The van der Waals surface area contributed by atoms with Gasteiger partial charge >= 0.3 is 0 Å². The second kappa shape index (κ2) is 6.05. The third-order valence-electron chi connectivity index (χ3n) is 4.96. The quantitative estimate of drug-likeness (QED) is 0.837. The summed E-state index contributed by atoms with van der Waals surface area (Å²) in [7, 11) is 0. The molecule has 3 heteroatoms. The fourth-order valence-corrected chi connectivity index (χ4v) is 3.60. The fraction of sp³-hybridized carbons (Fsp3) is 0.933. The van der Waals surface area contributed by atoms with Gasteiger partial charge in [-0.1, -0.05) is 13.8 Å². The van der Waals surface area contributed by atoms with Crippen molar-refractivity contribution in [1.29, 1.82) is 0 Å². The van der Waals surface area contributed by atoms with Crippen molar-refractivity contribution < 1.29 is 4.79 Å². The Kier molecular flexibility index (Phi) is 4.66. The highest BCUT2D eigenvalue weighted by Crippen LogP contribution is 2.35. The summed E-state index contributed by atoms with van der Waals surface area (Å²) < 4.78 is 0. The highest BCUT2D eigenvalue weighted by atomic mass is 16.2. The van der Waals surface area contributed by atoms with E-state index in [2.05, 4.69) is 24.1 Å².